The number of nitro groups is 1. The Morgan fingerprint density at radius 1 is 1.25 bits per heavy atom. The fourth-order valence-corrected chi connectivity index (χ4v) is 2.07. The summed E-state index contributed by atoms with van der Waals surface area (Å²) in [6.07, 6.45) is 0. The van der Waals surface area contributed by atoms with Crippen molar-refractivity contribution in [1.82, 2.24) is 4.57 Å². The summed E-state index contributed by atoms with van der Waals surface area (Å²) in [5.74, 6) is 0. The lowest BCUT2D eigenvalue weighted by atomic mass is 10.1. The molecule has 0 fully saturated rings. The number of nitrogens with zero attached hydrogens (tertiary/aromatic N) is 3. The molecule has 0 unspecified atom stereocenters. The normalized spacial score (nSPS) is 10.1. The maximum atomic E-state index is 12.3. The highest BCUT2D eigenvalue weighted by Crippen LogP contribution is 2.16. The summed E-state index contributed by atoms with van der Waals surface area (Å²) < 4.78 is 1.37. The van der Waals surface area contributed by atoms with Crippen molar-refractivity contribution in [1.29, 1.82) is 5.26 Å². The molecule has 0 spiro atoms. The summed E-state index contributed by atoms with van der Waals surface area (Å²) in [5, 5.41) is 19.6. The third-order valence-electron chi connectivity index (χ3n) is 3.02. The summed E-state index contributed by atoms with van der Waals surface area (Å²) in [5.41, 5.74) is 1.39. The van der Waals surface area contributed by atoms with Crippen molar-refractivity contribution < 1.29 is 4.92 Å². The van der Waals surface area contributed by atoms with Crippen LogP contribution in [0.25, 0.3) is 5.69 Å². The van der Waals surface area contributed by atoms with Crippen LogP contribution in [0.2, 0.25) is 0 Å². The van der Waals surface area contributed by atoms with Gasteiger partial charge in [-0.3, -0.25) is 19.5 Å². The zero-order chi connectivity index (χ0) is 14.9. The molecule has 1 heterocycles. The van der Waals surface area contributed by atoms with E-state index in [-0.39, 0.29) is 11.3 Å². The SMILES string of the molecule is Cc1cc(C)n(-c2ccc([N+](=O)[O-])cc2)c(=O)c1C#N. The van der Waals surface area contributed by atoms with Crippen LogP contribution in [-0.2, 0) is 0 Å². The molecule has 0 saturated carbocycles. The molecule has 0 aliphatic heterocycles. The van der Waals surface area contributed by atoms with Gasteiger partial charge >= 0.3 is 0 Å². The average Bonchev–Trinajstić information content (AvgIpc) is 2.39. The first-order valence-electron chi connectivity index (χ1n) is 5.84. The summed E-state index contributed by atoms with van der Waals surface area (Å²) in [7, 11) is 0. The largest absolute Gasteiger partial charge is 0.280 e. The molecule has 0 atom stereocenters. The van der Waals surface area contributed by atoms with Crippen LogP contribution in [0.3, 0.4) is 0 Å². The molecule has 0 aliphatic carbocycles. The molecule has 20 heavy (non-hydrogen) atoms. The van der Waals surface area contributed by atoms with Crippen molar-refractivity contribution in [3.8, 4) is 11.8 Å². The summed E-state index contributed by atoms with van der Waals surface area (Å²) in [4.78, 5) is 22.4. The van der Waals surface area contributed by atoms with Gasteiger partial charge in [0.25, 0.3) is 11.2 Å². The number of hydrogen-bond donors (Lipinski definition) is 0. The predicted molar refractivity (Wildman–Crippen MR) is 72.9 cm³/mol. The summed E-state index contributed by atoms with van der Waals surface area (Å²) in [6.45, 7) is 3.45. The minimum Gasteiger partial charge on any atom is -0.280 e. The van der Waals surface area contributed by atoms with E-state index in [2.05, 4.69) is 0 Å². The lowest BCUT2D eigenvalue weighted by Gasteiger charge is -2.11. The number of hydrogen-bond acceptors (Lipinski definition) is 4. The van der Waals surface area contributed by atoms with E-state index in [1.807, 2.05) is 6.07 Å². The van der Waals surface area contributed by atoms with Crippen LogP contribution in [0, 0.1) is 35.3 Å². The molecule has 0 saturated heterocycles. The molecular formula is C14H11N3O3. The minimum atomic E-state index is -0.505. The number of benzene rings is 1. The fourth-order valence-electron chi connectivity index (χ4n) is 2.07. The average molecular weight is 269 g/mol. The maximum absolute atomic E-state index is 12.3. The lowest BCUT2D eigenvalue weighted by Crippen LogP contribution is -2.24. The van der Waals surface area contributed by atoms with E-state index in [0.717, 1.165) is 0 Å². The maximum Gasteiger partial charge on any atom is 0.273 e. The van der Waals surface area contributed by atoms with Crippen LogP contribution in [0.4, 0.5) is 5.69 Å². The van der Waals surface area contributed by atoms with Crippen LogP contribution >= 0.6 is 0 Å². The number of rotatable bonds is 2. The second-order valence-electron chi connectivity index (χ2n) is 4.37. The van der Waals surface area contributed by atoms with E-state index in [9.17, 15) is 14.9 Å². The van der Waals surface area contributed by atoms with E-state index >= 15 is 0 Å². The Bertz CT molecular complexity index is 783. The number of nitro benzene ring substituents is 1. The molecule has 6 nitrogen and oxygen atoms in total. The van der Waals surface area contributed by atoms with Gasteiger partial charge in [-0.15, -0.1) is 0 Å². The Morgan fingerprint density at radius 3 is 2.35 bits per heavy atom. The van der Waals surface area contributed by atoms with Gasteiger partial charge < -0.3 is 0 Å². The Morgan fingerprint density at radius 2 is 1.85 bits per heavy atom. The summed E-state index contributed by atoms with van der Waals surface area (Å²) in [6, 6.07) is 9.26. The lowest BCUT2D eigenvalue weighted by molar-refractivity contribution is -0.384. The highest BCUT2D eigenvalue weighted by atomic mass is 16.6. The van der Waals surface area contributed by atoms with Gasteiger partial charge in [-0.1, -0.05) is 0 Å². The molecule has 6 heteroatoms. The molecule has 0 amide bonds. The number of aromatic nitrogens is 1. The molecule has 1 aromatic carbocycles. The second-order valence-corrected chi connectivity index (χ2v) is 4.37. The van der Waals surface area contributed by atoms with Crippen LogP contribution in [0.15, 0.2) is 35.1 Å². The molecule has 0 aliphatic rings. The Balaban J connectivity index is 2.67. The molecule has 2 aromatic rings. The molecule has 2 rings (SSSR count). The fraction of sp³-hybridized carbons (Fsp3) is 0.143. The number of nitriles is 1. The molecular weight excluding hydrogens is 258 g/mol. The van der Waals surface area contributed by atoms with Crippen LogP contribution in [0.1, 0.15) is 16.8 Å². The molecule has 0 N–H and O–H groups in total. The molecule has 1 aromatic heterocycles. The van der Waals surface area contributed by atoms with Crippen LogP contribution in [0.5, 0.6) is 0 Å². The predicted octanol–water partition coefficient (Wildman–Crippen LogP) is 2.23. The minimum absolute atomic E-state index is 0.0490. The van der Waals surface area contributed by atoms with Crippen molar-refractivity contribution >= 4 is 5.69 Å². The third kappa shape index (κ3) is 2.17. The number of aryl methyl sites for hydroxylation is 2. The van der Waals surface area contributed by atoms with E-state index in [4.69, 9.17) is 5.26 Å². The zero-order valence-electron chi connectivity index (χ0n) is 11.0. The highest BCUT2D eigenvalue weighted by Gasteiger charge is 2.12. The van der Waals surface area contributed by atoms with Gasteiger partial charge in [-0.2, -0.15) is 5.26 Å². The Hall–Kier alpha value is -2.94. The second kappa shape index (κ2) is 4.97. The van der Waals surface area contributed by atoms with Crippen molar-refractivity contribution in [3.63, 3.8) is 0 Å². The Kier molecular flexibility index (Phi) is 3.36. The van der Waals surface area contributed by atoms with Crippen molar-refractivity contribution in [2.24, 2.45) is 0 Å². The molecule has 100 valence electrons. The highest BCUT2D eigenvalue weighted by molar-refractivity contribution is 5.45. The number of pyridine rings is 1. The van der Waals surface area contributed by atoms with E-state index in [1.165, 1.54) is 28.8 Å². The van der Waals surface area contributed by atoms with Gasteiger partial charge in [0.05, 0.1) is 4.92 Å². The van der Waals surface area contributed by atoms with Crippen molar-refractivity contribution in [2.75, 3.05) is 0 Å². The molecule has 0 bridgehead atoms. The smallest absolute Gasteiger partial charge is 0.273 e. The van der Waals surface area contributed by atoms with Gasteiger partial charge in [0.1, 0.15) is 11.6 Å². The van der Waals surface area contributed by atoms with E-state index in [1.54, 1.807) is 19.9 Å². The van der Waals surface area contributed by atoms with Gasteiger partial charge in [-0.05, 0) is 37.6 Å². The van der Waals surface area contributed by atoms with Gasteiger partial charge in [0, 0.05) is 23.5 Å². The Labute approximate surface area is 114 Å². The number of non-ortho nitro benzene ring substituents is 1. The van der Waals surface area contributed by atoms with E-state index in [0.29, 0.717) is 16.9 Å². The van der Waals surface area contributed by atoms with Gasteiger partial charge in [0.2, 0.25) is 0 Å². The van der Waals surface area contributed by atoms with E-state index < -0.39 is 10.5 Å². The van der Waals surface area contributed by atoms with Crippen LogP contribution in [-0.4, -0.2) is 9.49 Å². The quantitative estimate of drug-likeness (QED) is 0.617. The first kappa shape index (κ1) is 13.5. The summed E-state index contributed by atoms with van der Waals surface area (Å²) >= 11 is 0. The van der Waals surface area contributed by atoms with Gasteiger partial charge in [0.15, 0.2) is 0 Å². The standard InChI is InChI=1S/C14H11N3O3/c1-9-7-10(2)16(14(18)13(9)8-15)11-3-5-12(6-4-11)17(19)20/h3-7H,1-2H3. The third-order valence-corrected chi connectivity index (χ3v) is 3.02. The monoisotopic (exact) mass is 269 g/mol. The first-order valence-corrected chi connectivity index (χ1v) is 5.84. The topological polar surface area (TPSA) is 88.9 Å². The van der Waals surface area contributed by atoms with Crippen LogP contribution < -0.4 is 5.56 Å². The van der Waals surface area contributed by atoms with Crippen molar-refractivity contribution in [2.45, 2.75) is 13.8 Å². The first-order chi connectivity index (χ1) is 9.45. The zero-order valence-corrected chi connectivity index (χ0v) is 11.0. The van der Waals surface area contributed by atoms with Crippen molar-refractivity contribution in [3.05, 3.63) is 67.6 Å². The van der Waals surface area contributed by atoms with Gasteiger partial charge in [-0.25, -0.2) is 0 Å². The molecule has 0 radical (unpaired) electrons.